The lowest BCUT2D eigenvalue weighted by atomic mass is 9.77. The number of morpholine rings is 1. The van der Waals surface area contributed by atoms with E-state index in [-0.39, 0.29) is 18.6 Å². The number of hydrogen-bond donors (Lipinski definition) is 1. The minimum Gasteiger partial charge on any atom is -0.364 e. The van der Waals surface area contributed by atoms with Gasteiger partial charge in [0, 0.05) is 23.5 Å². The first-order valence-electron chi connectivity index (χ1n) is 9.43. The van der Waals surface area contributed by atoms with Crippen molar-refractivity contribution in [2.75, 3.05) is 24.6 Å². The molecule has 2 saturated heterocycles. The maximum atomic E-state index is 12.1. The Kier molecular flexibility index (Phi) is 4.22. The predicted molar refractivity (Wildman–Crippen MR) is 110 cm³/mol. The van der Waals surface area contributed by atoms with Crippen molar-refractivity contribution in [3.8, 4) is 0 Å². The fourth-order valence-electron chi connectivity index (χ4n) is 4.33. The molecule has 5 rings (SSSR count). The van der Waals surface area contributed by atoms with Crippen LogP contribution in [0.1, 0.15) is 12.0 Å². The highest BCUT2D eigenvalue weighted by Crippen LogP contribution is 2.38. The Morgan fingerprint density at radius 2 is 2.00 bits per heavy atom. The number of halogens is 1. The van der Waals surface area contributed by atoms with Crippen molar-refractivity contribution in [3.05, 3.63) is 71.2 Å². The Hall–Kier alpha value is -2.63. The maximum Gasteiger partial charge on any atom is 0.246 e. The first kappa shape index (κ1) is 17.5. The van der Waals surface area contributed by atoms with Gasteiger partial charge in [0.2, 0.25) is 5.91 Å². The van der Waals surface area contributed by atoms with E-state index in [9.17, 15) is 4.79 Å². The third-order valence-electron chi connectivity index (χ3n) is 5.74. The number of ether oxygens (including phenoxy) is 1. The minimum atomic E-state index is -0.489. The number of fused-ring (bicyclic) bond motifs is 2. The molecule has 2 aliphatic rings. The normalized spacial score (nSPS) is 24.7. The molecule has 0 unspecified atom stereocenters. The van der Waals surface area contributed by atoms with Crippen LogP contribution in [0.2, 0.25) is 5.02 Å². The van der Waals surface area contributed by atoms with Gasteiger partial charge in [0.1, 0.15) is 18.5 Å². The summed E-state index contributed by atoms with van der Waals surface area (Å²) >= 11 is 6.08. The van der Waals surface area contributed by atoms with E-state index in [1.807, 2.05) is 48.5 Å². The van der Waals surface area contributed by atoms with Crippen LogP contribution in [-0.2, 0) is 15.1 Å². The van der Waals surface area contributed by atoms with Crippen LogP contribution in [0.15, 0.2) is 60.7 Å². The van der Waals surface area contributed by atoms with Gasteiger partial charge in [-0.05, 0) is 42.3 Å². The maximum absolute atomic E-state index is 12.1. The van der Waals surface area contributed by atoms with Gasteiger partial charge in [-0.1, -0.05) is 41.9 Å². The first-order chi connectivity index (χ1) is 13.6. The van der Waals surface area contributed by atoms with Gasteiger partial charge in [-0.15, -0.1) is 0 Å². The second kappa shape index (κ2) is 6.76. The largest absolute Gasteiger partial charge is 0.364 e. The first-order valence-corrected chi connectivity index (χ1v) is 9.81. The van der Waals surface area contributed by atoms with Gasteiger partial charge in [-0.25, -0.2) is 4.98 Å². The molecule has 0 bridgehead atoms. The van der Waals surface area contributed by atoms with Crippen LogP contribution in [0, 0.1) is 0 Å². The lowest BCUT2D eigenvalue weighted by Crippen LogP contribution is -2.66. The lowest BCUT2D eigenvalue weighted by Gasteiger charge is -2.50. The van der Waals surface area contributed by atoms with Crippen molar-refractivity contribution in [1.29, 1.82) is 0 Å². The van der Waals surface area contributed by atoms with E-state index in [2.05, 4.69) is 22.3 Å². The number of anilines is 1. The van der Waals surface area contributed by atoms with E-state index in [0.29, 0.717) is 11.6 Å². The number of amides is 1. The van der Waals surface area contributed by atoms with Crippen molar-refractivity contribution < 1.29 is 9.53 Å². The van der Waals surface area contributed by atoms with E-state index in [1.54, 1.807) is 0 Å². The van der Waals surface area contributed by atoms with Crippen LogP contribution < -0.4 is 10.2 Å². The molecule has 0 aliphatic carbocycles. The predicted octanol–water partition coefficient (Wildman–Crippen LogP) is 3.51. The molecule has 3 heterocycles. The van der Waals surface area contributed by atoms with Crippen LogP contribution in [0.5, 0.6) is 0 Å². The topological polar surface area (TPSA) is 54.5 Å². The van der Waals surface area contributed by atoms with Crippen LogP contribution in [0.25, 0.3) is 10.9 Å². The molecule has 0 radical (unpaired) electrons. The summed E-state index contributed by atoms with van der Waals surface area (Å²) in [6.07, 6.45) is 0.623. The molecule has 1 aromatic heterocycles. The number of piperidine rings is 1. The zero-order chi connectivity index (χ0) is 19.1. The molecule has 0 spiro atoms. The Labute approximate surface area is 168 Å². The smallest absolute Gasteiger partial charge is 0.246 e. The van der Waals surface area contributed by atoms with Crippen LogP contribution in [0.4, 0.5) is 5.82 Å². The number of benzene rings is 2. The molecular formula is C22H20ClN3O2. The average molecular weight is 394 g/mol. The van der Waals surface area contributed by atoms with Crippen molar-refractivity contribution in [1.82, 2.24) is 10.3 Å². The number of hydrogen-bond acceptors (Lipinski definition) is 4. The van der Waals surface area contributed by atoms with Gasteiger partial charge < -0.3 is 15.0 Å². The standard InChI is InChI=1S/C22H20ClN3O2/c23-17-7-8-18-15(12-17)6-9-20(24-18)26-11-10-22(16-4-2-1-3-5-16)19(13-26)28-14-21(27)25-22/h1-9,12,19H,10-11,13-14H2,(H,25,27)/t19-,22+/m1/s1. The summed E-state index contributed by atoms with van der Waals surface area (Å²) in [5, 5.41) is 4.96. The van der Waals surface area contributed by atoms with Crippen LogP contribution in [-0.4, -0.2) is 36.7 Å². The van der Waals surface area contributed by atoms with E-state index >= 15 is 0 Å². The molecule has 1 N–H and O–H groups in total. The van der Waals surface area contributed by atoms with Gasteiger partial charge in [-0.3, -0.25) is 4.79 Å². The summed E-state index contributed by atoms with van der Waals surface area (Å²) in [7, 11) is 0. The molecule has 2 aromatic carbocycles. The number of rotatable bonds is 2. The molecule has 0 saturated carbocycles. The Bertz CT molecular complexity index is 1040. The Balaban J connectivity index is 1.47. The number of carbonyl (C=O) groups is 1. The molecule has 6 heteroatoms. The summed E-state index contributed by atoms with van der Waals surface area (Å²) in [4.78, 5) is 19.2. The molecule has 1 amide bonds. The van der Waals surface area contributed by atoms with E-state index in [0.717, 1.165) is 35.2 Å². The quantitative estimate of drug-likeness (QED) is 0.724. The highest BCUT2D eigenvalue weighted by atomic mass is 35.5. The number of nitrogens with zero attached hydrogens (tertiary/aromatic N) is 2. The molecule has 2 fully saturated rings. The van der Waals surface area contributed by atoms with E-state index in [4.69, 9.17) is 21.3 Å². The second-order valence-electron chi connectivity index (χ2n) is 7.39. The van der Waals surface area contributed by atoms with Crippen LogP contribution >= 0.6 is 11.6 Å². The van der Waals surface area contributed by atoms with E-state index < -0.39 is 5.54 Å². The number of pyridine rings is 1. The summed E-state index contributed by atoms with van der Waals surface area (Å²) in [6, 6.07) is 19.9. The minimum absolute atomic E-state index is 0.0609. The lowest BCUT2D eigenvalue weighted by molar-refractivity contribution is -0.146. The van der Waals surface area contributed by atoms with Gasteiger partial charge in [-0.2, -0.15) is 0 Å². The second-order valence-corrected chi connectivity index (χ2v) is 7.82. The molecule has 28 heavy (non-hydrogen) atoms. The number of nitrogens with one attached hydrogen (secondary N) is 1. The van der Waals surface area contributed by atoms with Crippen molar-refractivity contribution >= 4 is 34.2 Å². The van der Waals surface area contributed by atoms with Crippen molar-refractivity contribution in [3.63, 3.8) is 0 Å². The van der Waals surface area contributed by atoms with Gasteiger partial charge >= 0.3 is 0 Å². The van der Waals surface area contributed by atoms with Crippen molar-refractivity contribution in [2.45, 2.75) is 18.1 Å². The zero-order valence-electron chi connectivity index (χ0n) is 15.3. The molecule has 2 aliphatic heterocycles. The number of carbonyl (C=O) groups excluding carboxylic acids is 1. The third kappa shape index (κ3) is 2.91. The molecular weight excluding hydrogens is 374 g/mol. The Morgan fingerprint density at radius 3 is 2.86 bits per heavy atom. The van der Waals surface area contributed by atoms with Gasteiger partial charge in [0.05, 0.1) is 11.1 Å². The zero-order valence-corrected chi connectivity index (χ0v) is 16.0. The van der Waals surface area contributed by atoms with E-state index in [1.165, 1.54) is 0 Å². The highest BCUT2D eigenvalue weighted by Gasteiger charge is 2.49. The summed E-state index contributed by atoms with van der Waals surface area (Å²) in [5.74, 6) is 0.853. The van der Waals surface area contributed by atoms with Gasteiger partial charge in [0.25, 0.3) is 0 Å². The molecule has 142 valence electrons. The van der Waals surface area contributed by atoms with Crippen molar-refractivity contribution in [2.24, 2.45) is 0 Å². The SMILES string of the molecule is O=C1CO[C@@H]2CN(c3ccc4cc(Cl)ccc4n3)CC[C@@]2(c2ccccc2)N1. The summed E-state index contributed by atoms with van der Waals surface area (Å²) in [5.41, 5.74) is 1.52. The number of aromatic nitrogens is 1. The Morgan fingerprint density at radius 1 is 1.14 bits per heavy atom. The van der Waals surface area contributed by atoms with Gasteiger partial charge in [0.15, 0.2) is 0 Å². The molecule has 3 aromatic rings. The summed E-state index contributed by atoms with van der Waals surface area (Å²) in [6.45, 7) is 1.54. The average Bonchev–Trinajstić information content (AvgIpc) is 2.73. The fraction of sp³-hybridized carbons (Fsp3) is 0.273. The molecule has 5 nitrogen and oxygen atoms in total. The fourth-order valence-corrected chi connectivity index (χ4v) is 4.51. The third-order valence-corrected chi connectivity index (χ3v) is 5.97. The highest BCUT2D eigenvalue weighted by molar-refractivity contribution is 6.31. The van der Waals surface area contributed by atoms with Crippen LogP contribution in [0.3, 0.4) is 0 Å². The monoisotopic (exact) mass is 393 g/mol. The summed E-state index contributed by atoms with van der Waals surface area (Å²) < 4.78 is 6.01. The molecule has 2 atom stereocenters.